The lowest BCUT2D eigenvalue weighted by Gasteiger charge is -2.12. The summed E-state index contributed by atoms with van der Waals surface area (Å²) < 4.78 is 8.26. The van der Waals surface area contributed by atoms with E-state index < -0.39 is 0 Å². The molecule has 23 heavy (non-hydrogen) atoms. The summed E-state index contributed by atoms with van der Waals surface area (Å²) in [5.41, 5.74) is 4.69. The Morgan fingerprint density at radius 1 is 1.26 bits per heavy atom. The largest absolute Gasteiger partial charge is 0.476 e. The highest BCUT2D eigenvalue weighted by molar-refractivity contribution is 7.09. The average molecular weight is 329 g/mol. The normalized spacial score (nSPS) is 11.6. The number of nitrogens with zero attached hydrogens (tertiary/aromatic N) is 3. The van der Waals surface area contributed by atoms with E-state index >= 15 is 0 Å². The van der Waals surface area contributed by atoms with E-state index in [-0.39, 0.29) is 0 Å². The van der Waals surface area contributed by atoms with E-state index in [1.165, 1.54) is 16.6 Å². The number of aromatic nitrogens is 3. The number of thiazole rings is 1. The molecule has 0 aliphatic heterocycles. The summed E-state index contributed by atoms with van der Waals surface area (Å²) in [4.78, 5) is 9.08. The number of hydrogen-bond acceptors (Lipinski definition) is 4. The van der Waals surface area contributed by atoms with Crippen molar-refractivity contribution < 1.29 is 4.74 Å². The van der Waals surface area contributed by atoms with Gasteiger partial charge in [-0.05, 0) is 38.3 Å². The van der Waals surface area contributed by atoms with Gasteiger partial charge in [0.2, 0.25) is 5.88 Å². The summed E-state index contributed by atoms with van der Waals surface area (Å²) in [5, 5.41) is 4.43. The molecule has 0 N–H and O–H groups in total. The van der Waals surface area contributed by atoms with Crippen molar-refractivity contribution >= 4 is 22.2 Å². The van der Waals surface area contributed by atoms with E-state index in [0.717, 1.165) is 28.6 Å². The molecule has 0 unspecified atom stereocenters. The first-order valence-corrected chi connectivity index (χ1v) is 8.83. The van der Waals surface area contributed by atoms with Crippen LogP contribution in [0.2, 0.25) is 0 Å². The Morgan fingerprint density at radius 3 is 2.70 bits per heavy atom. The van der Waals surface area contributed by atoms with Crippen LogP contribution in [0.4, 0.5) is 0 Å². The van der Waals surface area contributed by atoms with Gasteiger partial charge < -0.3 is 9.30 Å². The number of hydrogen-bond donors (Lipinski definition) is 0. The fraction of sp³-hybridized carbons (Fsp3) is 0.444. The van der Waals surface area contributed by atoms with Gasteiger partial charge in [-0.3, -0.25) is 0 Å². The molecular formula is C18H23N3OS. The number of ether oxygens (including phenoxy) is 1. The Morgan fingerprint density at radius 2 is 2.04 bits per heavy atom. The zero-order chi connectivity index (χ0) is 16.6. The lowest BCUT2D eigenvalue weighted by atomic mass is 10.2. The Kier molecular flexibility index (Phi) is 4.39. The minimum absolute atomic E-state index is 0.471. The smallest absolute Gasteiger partial charge is 0.238 e. The summed E-state index contributed by atoms with van der Waals surface area (Å²) in [5.74, 6) is 1.19. The van der Waals surface area contributed by atoms with Gasteiger partial charge in [0.15, 0.2) is 0 Å². The molecule has 0 bridgehead atoms. The van der Waals surface area contributed by atoms with Crippen LogP contribution in [0.25, 0.3) is 10.9 Å². The molecule has 0 spiro atoms. The van der Waals surface area contributed by atoms with Crippen molar-refractivity contribution in [1.82, 2.24) is 14.5 Å². The Hall–Kier alpha value is -1.88. The Labute approximate surface area is 141 Å². The summed E-state index contributed by atoms with van der Waals surface area (Å²) in [6, 6.07) is 2.07. The minimum Gasteiger partial charge on any atom is -0.476 e. The Bertz CT molecular complexity index is 832. The second-order valence-corrected chi connectivity index (χ2v) is 7.43. The van der Waals surface area contributed by atoms with Gasteiger partial charge in [0, 0.05) is 22.7 Å². The highest BCUT2D eigenvalue weighted by Gasteiger charge is 2.17. The fourth-order valence-corrected chi connectivity index (χ4v) is 3.36. The van der Waals surface area contributed by atoms with Gasteiger partial charge in [0.25, 0.3) is 0 Å². The van der Waals surface area contributed by atoms with Gasteiger partial charge in [0.1, 0.15) is 5.52 Å². The molecule has 0 fully saturated rings. The standard InChI is InChI=1S/C18H23N3OS/c1-11(2)9-22-18-17-16(6-7-19-18)12(3)13(4)21(17)8-15-10-23-14(5)20-15/h6-7,10-11H,8-9H2,1-5H3. The lowest BCUT2D eigenvalue weighted by Crippen LogP contribution is -2.08. The summed E-state index contributed by atoms with van der Waals surface area (Å²) in [6.07, 6.45) is 1.84. The highest BCUT2D eigenvalue weighted by Crippen LogP contribution is 2.31. The van der Waals surface area contributed by atoms with Gasteiger partial charge in [-0.2, -0.15) is 0 Å². The van der Waals surface area contributed by atoms with Crippen molar-refractivity contribution in [2.75, 3.05) is 6.61 Å². The molecule has 0 saturated heterocycles. The molecule has 4 nitrogen and oxygen atoms in total. The van der Waals surface area contributed by atoms with Crippen LogP contribution in [0.3, 0.4) is 0 Å². The van der Waals surface area contributed by atoms with E-state index in [4.69, 9.17) is 4.74 Å². The van der Waals surface area contributed by atoms with Gasteiger partial charge in [-0.1, -0.05) is 13.8 Å². The number of fused-ring (bicyclic) bond motifs is 1. The predicted octanol–water partition coefficient (Wildman–Crippen LogP) is 4.50. The summed E-state index contributed by atoms with van der Waals surface area (Å²) in [7, 11) is 0. The van der Waals surface area contributed by atoms with Crippen LogP contribution in [-0.4, -0.2) is 21.1 Å². The van der Waals surface area contributed by atoms with Gasteiger partial charge in [0.05, 0.1) is 23.9 Å². The third kappa shape index (κ3) is 3.11. The fourth-order valence-electron chi connectivity index (χ4n) is 2.75. The maximum Gasteiger partial charge on any atom is 0.238 e. The first kappa shape index (κ1) is 16.0. The lowest BCUT2D eigenvalue weighted by molar-refractivity contribution is 0.263. The Balaban J connectivity index is 2.09. The molecule has 0 aromatic carbocycles. The van der Waals surface area contributed by atoms with Crippen LogP contribution < -0.4 is 4.74 Å². The molecule has 122 valence electrons. The second kappa shape index (κ2) is 6.32. The van der Waals surface area contributed by atoms with Crippen molar-refractivity contribution in [2.24, 2.45) is 5.92 Å². The van der Waals surface area contributed by atoms with Gasteiger partial charge >= 0.3 is 0 Å². The van der Waals surface area contributed by atoms with Crippen LogP contribution in [0.15, 0.2) is 17.6 Å². The number of pyridine rings is 1. The third-order valence-corrected chi connectivity index (χ3v) is 4.87. The minimum atomic E-state index is 0.471. The molecule has 5 heteroatoms. The topological polar surface area (TPSA) is 39.9 Å². The zero-order valence-corrected chi connectivity index (χ0v) is 15.2. The van der Waals surface area contributed by atoms with E-state index in [0.29, 0.717) is 12.5 Å². The predicted molar refractivity (Wildman–Crippen MR) is 95.5 cm³/mol. The quantitative estimate of drug-likeness (QED) is 0.692. The molecular weight excluding hydrogens is 306 g/mol. The van der Waals surface area contributed by atoms with Crippen molar-refractivity contribution in [3.63, 3.8) is 0 Å². The highest BCUT2D eigenvalue weighted by atomic mass is 32.1. The third-order valence-electron chi connectivity index (χ3n) is 4.05. The summed E-state index contributed by atoms with van der Waals surface area (Å²) >= 11 is 1.69. The molecule has 0 saturated carbocycles. The van der Waals surface area contributed by atoms with Crippen LogP contribution in [-0.2, 0) is 6.54 Å². The van der Waals surface area contributed by atoms with Gasteiger partial charge in [-0.25, -0.2) is 9.97 Å². The maximum atomic E-state index is 5.98. The van der Waals surface area contributed by atoms with E-state index in [1.54, 1.807) is 11.3 Å². The summed E-state index contributed by atoms with van der Waals surface area (Å²) in [6.45, 7) is 12.1. The molecule has 0 atom stereocenters. The first-order chi connectivity index (χ1) is 11.0. The molecule has 3 rings (SSSR count). The average Bonchev–Trinajstić information content (AvgIpc) is 3.03. The number of aryl methyl sites for hydroxylation is 2. The molecule has 0 amide bonds. The molecule has 3 aromatic heterocycles. The monoisotopic (exact) mass is 329 g/mol. The van der Waals surface area contributed by atoms with Crippen molar-refractivity contribution in [3.05, 3.63) is 39.6 Å². The van der Waals surface area contributed by atoms with Crippen LogP contribution in [0, 0.1) is 26.7 Å². The molecule has 0 radical (unpaired) electrons. The van der Waals surface area contributed by atoms with Crippen LogP contribution in [0.5, 0.6) is 5.88 Å². The van der Waals surface area contributed by atoms with E-state index in [2.05, 4.69) is 53.7 Å². The number of rotatable bonds is 5. The van der Waals surface area contributed by atoms with Crippen molar-refractivity contribution in [3.8, 4) is 5.88 Å². The van der Waals surface area contributed by atoms with Crippen molar-refractivity contribution in [1.29, 1.82) is 0 Å². The molecule has 0 aliphatic rings. The molecule has 3 aromatic rings. The van der Waals surface area contributed by atoms with Crippen molar-refractivity contribution in [2.45, 2.75) is 41.2 Å². The maximum absolute atomic E-state index is 5.98. The van der Waals surface area contributed by atoms with Crippen LogP contribution >= 0.6 is 11.3 Å². The zero-order valence-electron chi connectivity index (χ0n) is 14.4. The second-order valence-electron chi connectivity index (χ2n) is 6.37. The first-order valence-electron chi connectivity index (χ1n) is 7.95. The van der Waals surface area contributed by atoms with Crippen LogP contribution in [0.1, 0.15) is 35.8 Å². The molecule has 0 aliphatic carbocycles. The van der Waals surface area contributed by atoms with E-state index in [1.807, 2.05) is 13.1 Å². The molecule has 3 heterocycles. The SMILES string of the molecule is Cc1nc(Cn2c(C)c(C)c3ccnc(OCC(C)C)c32)cs1. The van der Waals surface area contributed by atoms with E-state index in [9.17, 15) is 0 Å². The van der Waals surface area contributed by atoms with Gasteiger partial charge in [-0.15, -0.1) is 11.3 Å².